The first-order chi connectivity index (χ1) is 9.38. The largest absolute Gasteiger partial charge is 0.264 e. The first-order valence-corrected chi connectivity index (χ1v) is 6.78. The summed E-state index contributed by atoms with van der Waals surface area (Å²) in [6.07, 6.45) is 3.65. The number of pyridine rings is 1. The molecule has 2 aromatic carbocycles. The van der Waals surface area contributed by atoms with Gasteiger partial charge in [-0.2, -0.15) is 5.26 Å². The average Bonchev–Trinajstić information content (AvgIpc) is 2.86. The van der Waals surface area contributed by atoms with Crippen molar-refractivity contribution in [2.24, 2.45) is 0 Å². The van der Waals surface area contributed by atoms with E-state index in [2.05, 4.69) is 23.2 Å². The molecular weight excluding hydrogens is 264 g/mol. The summed E-state index contributed by atoms with van der Waals surface area (Å²) in [4.78, 5) is 4.21. The van der Waals surface area contributed by atoms with Crippen molar-refractivity contribution in [3.63, 3.8) is 0 Å². The predicted molar refractivity (Wildman–Crippen MR) is 86.1 cm³/mol. The van der Waals surface area contributed by atoms with Crippen molar-refractivity contribution >= 4 is 42.3 Å². The van der Waals surface area contributed by atoms with Crippen LogP contribution in [0.3, 0.4) is 0 Å². The van der Waals surface area contributed by atoms with Crippen molar-refractivity contribution in [1.29, 1.82) is 5.26 Å². The van der Waals surface area contributed by atoms with E-state index in [1.54, 1.807) is 17.5 Å². The van der Waals surface area contributed by atoms with Crippen LogP contribution in [0.5, 0.6) is 0 Å². The van der Waals surface area contributed by atoms with E-state index >= 15 is 0 Å². The maximum Gasteiger partial charge on any atom is 0.0998 e. The van der Waals surface area contributed by atoms with Crippen LogP contribution in [0.15, 0.2) is 48.8 Å². The van der Waals surface area contributed by atoms with Crippen LogP contribution in [-0.2, 0) is 0 Å². The molecule has 2 heterocycles. The quantitative estimate of drug-likeness (QED) is 0.447. The molecule has 0 bridgehead atoms. The number of thiophene rings is 1. The Hall–Kier alpha value is -2.44. The van der Waals surface area contributed by atoms with Gasteiger partial charge in [-0.1, -0.05) is 25.6 Å². The fraction of sp³-hybridized carbons (Fsp3) is 0.0588. The van der Waals surface area contributed by atoms with Crippen LogP contribution in [0.2, 0.25) is 0 Å². The van der Waals surface area contributed by atoms with E-state index in [4.69, 9.17) is 0 Å². The summed E-state index contributed by atoms with van der Waals surface area (Å²) in [7, 11) is 0. The molecule has 0 fully saturated rings. The van der Waals surface area contributed by atoms with E-state index in [-0.39, 0.29) is 7.43 Å². The molecule has 0 atom stereocenters. The van der Waals surface area contributed by atoms with Crippen molar-refractivity contribution < 1.29 is 0 Å². The lowest BCUT2D eigenvalue weighted by Gasteiger charge is -2.01. The molecule has 0 aliphatic carbocycles. The Kier molecular flexibility index (Phi) is 2.89. The summed E-state index contributed by atoms with van der Waals surface area (Å²) in [5.41, 5.74) is 0.742. The first-order valence-electron chi connectivity index (χ1n) is 5.96. The third-order valence-electron chi connectivity index (χ3n) is 3.38. The van der Waals surface area contributed by atoms with E-state index in [1.807, 2.05) is 30.5 Å². The predicted octanol–water partition coefficient (Wildman–Crippen LogP) is 5.11. The smallest absolute Gasteiger partial charge is 0.0998 e. The Morgan fingerprint density at radius 1 is 1.10 bits per heavy atom. The molecule has 0 amide bonds. The number of benzene rings is 2. The van der Waals surface area contributed by atoms with Crippen LogP contribution in [0.4, 0.5) is 0 Å². The fourth-order valence-electron chi connectivity index (χ4n) is 2.54. The second-order valence-electron chi connectivity index (χ2n) is 4.44. The molecule has 2 aromatic heterocycles. The molecule has 2 nitrogen and oxygen atoms in total. The molecule has 3 heteroatoms. The van der Waals surface area contributed by atoms with Crippen LogP contribution in [-0.4, -0.2) is 4.98 Å². The highest BCUT2D eigenvalue weighted by Crippen LogP contribution is 2.39. The standard InChI is InChI=1S/C16H8N2S.CH4/c17-8-11-7-10-5-6-18-9-13(10)16-15(11)12-3-1-2-4-14(12)19-16;/h1-7,9H;1H4. The molecule has 4 aromatic rings. The van der Waals surface area contributed by atoms with Gasteiger partial charge >= 0.3 is 0 Å². The van der Waals surface area contributed by atoms with Crippen molar-refractivity contribution in [3.05, 3.63) is 54.4 Å². The number of fused-ring (bicyclic) bond motifs is 5. The number of nitriles is 1. The van der Waals surface area contributed by atoms with Gasteiger partial charge in [0.15, 0.2) is 0 Å². The second-order valence-corrected chi connectivity index (χ2v) is 5.49. The first kappa shape index (κ1) is 12.6. The molecule has 0 aliphatic heterocycles. The zero-order valence-corrected chi connectivity index (χ0v) is 10.7. The summed E-state index contributed by atoms with van der Waals surface area (Å²) in [5, 5.41) is 13.8. The van der Waals surface area contributed by atoms with Crippen LogP contribution < -0.4 is 0 Å². The Morgan fingerprint density at radius 3 is 2.80 bits per heavy atom. The lowest BCUT2D eigenvalue weighted by atomic mass is 10.0. The number of hydrogen-bond donors (Lipinski definition) is 0. The van der Waals surface area contributed by atoms with Crippen molar-refractivity contribution in [1.82, 2.24) is 4.98 Å². The fourth-order valence-corrected chi connectivity index (χ4v) is 3.79. The lowest BCUT2D eigenvalue weighted by Crippen LogP contribution is -1.81. The van der Waals surface area contributed by atoms with Crippen molar-refractivity contribution in [2.45, 2.75) is 7.43 Å². The molecule has 0 saturated carbocycles. The maximum absolute atomic E-state index is 9.41. The Balaban J connectivity index is 0.00000121. The van der Waals surface area contributed by atoms with E-state index in [0.717, 1.165) is 31.8 Å². The topological polar surface area (TPSA) is 36.7 Å². The van der Waals surface area contributed by atoms with Gasteiger partial charge in [-0.3, -0.25) is 4.98 Å². The molecule has 0 unspecified atom stereocenters. The summed E-state index contributed by atoms with van der Waals surface area (Å²) in [6.45, 7) is 0. The van der Waals surface area contributed by atoms with Crippen LogP contribution in [0, 0.1) is 11.3 Å². The highest BCUT2D eigenvalue weighted by atomic mass is 32.1. The molecular formula is C17H12N2S. The molecule has 0 radical (unpaired) electrons. The molecule has 4 rings (SSSR count). The average molecular weight is 276 g/mol. The number of rotatable bonds is 0. The Labute approximate surface area is 120 Å². The third-order valence-corrected chi connectivity index (χ3v) is 4.59. The number of hydrogen-bond acceptors (Lipinski definition) is 3. The monoisotopic (exact) mass is 276 g/mol. The minimum absolute atomic E-state index is 0. The van der Waals surface area contributed by atoms with Gasteiger partial charge in [0.25, 0.3) is 0 Å². The van der Waals surface area contributed by atoms with Gasteiger partial charge in [0.05, 0.1) is 11.6 Å². The molecule has 96 valence electrons. The van der Waals surface area contributed by atoms with Gasteiger partial charge in [0.2, 0.25) is 0 Å². The van der Waals surface area contributed by atoms with Crippen molar-refractivity contribution in [3.8, 4) is 6.07 Å². The highest BCUT2D eigenvalue weighted by molar-refractivity contribution is 7.26. The van der Waals surface area contributed by atoms with E-state index in [1.165, 1.54) is 4.70 Å². The van der Waals surface area contributed by atoms with Crippen LogP contribution in [0.25, 0.3) is 30.9 Å². The van der Waals surface area contributed by atoms with Crippen molar-refractivity contribution in [2.75, 3.05) is 0 Å². The molecule has 0 aliphatic rings. The lowest BCUT2D eigenvalue weighted by molar-refractivity contribution is 1.37. The molecule has 0 saturated heterocycles. The summed E-state index contributed by atoms with van der Waals surface area (Å²) in [6, 6.07) is 14.5. The van der Waals surface area contributed by atoms with Gasteiger partial charge in [0.1, 0.15) is 0 Å². The zero-order chi connectivity index (χ0) is 12.8. The summed E-state index contributed by atoms with van der Waals surface area (Å²) < 4.78 is 2.37. The van der Waals surface area contributed by atoms with E-state index < -0.39 is 0 Å². The van der Waals surface area contributed by atoms with Gasteiger partial charge in [-0.05, 0) is 23.6 Å². The maximum atomic E-state index is 9.41. The van der Waals surface area contributed by atoms with E-state index in [0.29, 0.717) is 0 Å². The third kappa shape index (κ3) is 1.59. The number of aromatic nitrogens is 1. The minimum Gasteiger partial charge on any atom is -0.264 e. The summed E-state index contributed by atoms with van der Waals surface area (Å²) >= 11 is 1.73. The molecule has 20 heavy (non-hydrogen) atoms. The normalized spacial score (nSPS) is 10.6. The van der Waals surface area contributed by atoms with Gasteiger partial charge < -0.3 is 0 Å². The van der Waals surface area contributed by atoms with E-state index in [9.17, 15) is 5.26 Å². The second kappa shape index (κ2) is 4.59. The SMILES string of the molecule is C.N#Cc1cc2ccncc2c2sc3ccccc3c12. The van der Waals surface area contributed by atoms with Gasteiger partial charge in [0, 0.05) is 38.0 Å². The Bertz CT molecular complexity index is 977. The van der Waals surface area contributed by atoms with Gasteiger partial charge in [-0.15, -0.1) is 11.3 Å². The highest BCUT2D eigenvalue weighted by Gasteiger charge is 2.12. The molecule has 0 N–H and O–H groups in total. The van der Waals surface area contributed by atoms with Crippen LogP contribution >= 0.6 is 11.3 Å². The number of nitrogens with zero attached hydrogens (tertiary/aromatic N) is 2. The van der Waals surface area contributed by atoms with Crippen LogP contribution in [0.1, 0.15) is 13.0 Å². The zero-order valence-electron chi connectivity index (χ0n) is 9.92. The summed E-state index contributed by atoms with van der Waals surface area (Å²) in [5.74, 6) is 0. The van der Waals surface area contributed by atoms with Gasteiger partial charge in [-0.25, -0.2) is 0 Å². The minimum atomic E-state index is 0. The Morgan fingerprint density at radius 2 is 1.95 bits per heavy atom. The molecule has 0 spiro atoms.